The minimum Gasteiger partial charge on any atom is -0.479 e. The molecule has 55 heavy (non-hydrogen) atoms. The van der Waals surface area contributed by atoms with Crippen LogP contribution >= 0.6 is 0 Å². The smallest absolute Gasteiger partial charge is 0.338 e. The number of aliphatic carboxylic acids is 2. The predicted molar refractivity (Wildman–Crippen MR) is 184 cm³/mol. The van der Waals surface area contributed by atoms with Crippen molar-refractivity contribution >= 4 is 23.9 Å². The molecule has 0 amide bonds. The number of aliphatic hydroxyl groups is 4. The molecule has 1 unspecified atom stereocenters. The van der Waals surface area contributed by atoms with E-state index in [9.17, 15) is 49.8 Å². The number of hydrogen-bond donors (Lipinski definition) is 6. The zero-order valence-corrected chi connectivity index (χ0v) is 31.1. The number of nitrogens with zero attached hydrogens (tertiary/aromatic N) is 1. The third-order valence-corrected chi connectivity index (χ3v) is 14.2. The number of carboxylic acids is 2. The summed E-state index contributed by atoms with van der Waals surface area (Å²) in [5.74, 6) is -9.80. The van der Waals surface area contributed by atoms with Crippen LogP contribution in [-0.2, 0) is 42.8 Å². The van der Waals surface area contributed by atoms with E-state index in [1.54, 1.807) is 18.2 Å². The van der Waals surface area contributed by atoms with Crippen molar-refractivity contribution in [2.45, 2.75) is 79.7 Å². The fourth-order valence-corrected chi connectivity index (χ4v) is 12.8. The van der Waals surface area contributed by atoms with Gasteiger partial charge in [-0.05, 0) is 31.0 Å². The molecular formula is C38H49NO16. The second-order valence-corrected chi connectivity index (χ2v) is 15.9. The van der Waals surface area contributed by atoms with E-state index >= 15 is 0 Å². The fourth-order valence-electron chi connectivity index (χ4n) is 12.8. The highest BCUT2D eigenvalue weighted by Gasteiger charge is 2.92. The van der Waals surface area contributed by atoms with Crippen molar-refractivity contribution in [1.82, 2.24) is 4.90 Å². The molecule has 1 aliphatic heterocycles. The number of likely N-dealkylation sites (tertiary alicyclic amines) is 1. The van der Waals surface area contributed by atoms with Crippen molar-refractivity contribution in [2.24, 2.45) is 34.5 Å². The highest BCUT2D eigenvalue weighted by atomic mass is 16.6. The number of rotatable bonds is 13. The van der Waals surface area contributed by atoms with Gasteiger partial charge in [-0.1, -0.05) is 25.1 Å². The van der Waals surface area contributed by atoms with Gasteiger partial charge in [0, 0.05) is 82.1 Å². The van der Waals surface area contributed by atoms with Gasteiger partial charge in [-0.3, -0.25) is 4.90 Å². The van der Waals surface area contributed by atoms with Gasteiger partial charge in [0.25, 0.3) is 0 Å². The van der Waals surface area contributed by atoms with Gasteiger partial charge < -0.3 is 59.1 Å². The predicted octanol–water partition coefficient (Wildman–Crippen LogP) is -0.915. The van der Waals surface area contributed by atoms with Gasteiger partial charge in [0.1, 0.15) is 23.9 Å². The number of fused-ring (bicyclic) bond motifs is 2. The summed E-state index contributed by atoms with van der Waals surface area (Å²) in [6, 6.07) is 7.38. The zero-order chi connectivity index (χ0) is 40.0. The molecule has 17 heteroatoms. The van der Waals surface area contributed by atoms with Crippen LogP contribution in [-0.4, -0.2) is 168 Å². The van der Waals surface area contributed by atoms with Crippen LogP contribution in [0, 0.1) is 34.5 Å². The minimum absolute atomic E-state index is 0.0781. The number of benzene rings is 1. The summed E-state index contributed by atoms with van der Waals surface area (Å²) in [4.78, 5) is 54.2. The Bertz CT molecular complexity index is 1740. The number of carbonyl (C=O) groups is 4. The Morgan fingerprint density at radius 1 is 0.982 bits per heavy atom. The van der Waals surface area contributed by atoms with E-state index in [1.165, 1.54) is 40.6 Å². The summed E-state index contributed by atoms with van der Waals surface area (Å²) in [6.45, 7) is 2.70. The normalized spacial score (nSPS) is 44.5. The highest BCUT2D eigenvalue weighted by Crippen LogP contribution is 2.80. The molecule has 1 aromatic carbocycles. The maximum Gasteiger partial charge on any atom is 0.338 e. The quantitative estimate of drug-likeness (QED) is 0.105. The average molecular weight is 776 g/mol. The first-order chi connectivity index (χ1) is 26.1. The molecule has 0 aromatic heterocycles. The number of esters is 2. The SMILES string of the molecule is CCN1C[C@]2(COC)[C@H](O)C[C@H](OC)[C@]34C1[C@H]([C@H](OC)[C@H]23)[C@]1(OC(=O)/C=C(/C(=O)O)[C@@H](O)C(=O)O)[C@H]2[C@@H](OC(=O)c3ccccc3)[C@](O)(C[C@H]24)[C@@H](OC)[C@@H]1O. The lowest BCUT2D eigenvalue weighted by atomic mass is 9.42. The van der Waals surface area contributed by atoms with Gasteiger partial charge in [-0.15, -0.1) is 0 Å². The van der Waals surface area contributed by atoms with Crippen LogP contribution in [0.5, 0.6) is 0 Å². The molecule has 6 N–H and O–H groups in total. The molecule has 302 valence electrons. The van der Waals surface area contributed by atoms with Gasteiger partial charge >= 0.3 is 23.9 Å². The molecule has 16 atom stereocenters. The molecule has 1 spiro atoms. The van der Waals surface area contributed by atoms with Gasteiger partial charge in [-0.2, -0.15) is 0 Å². The van der Waals surface area contributed by atoms with Crippen molar-refractivity contribution in [1.29, 1.82) is 0 Å². The minimum atomic E-state index is -2.62. The maximum absolute atomic E-state index is 14.2. The third kappa shape index (κ3) is 5.04. The molecule has 17 nitrogen and oxygen atoms in total. The molecule has 6 fully saturated rings. The summed E-state index contributed by atoms with van der Waals surface area (Å²) >= 11 is 0. The molecule has 5 saturated carbocycles. The molecule has 1 saturated heterocycles. The van der Waals surface area contributed by atoms with E-state index < -0.39 is 124 Å². The van der Waals surface area contributed by atoms with Gasteiger partial charge in [-0.25, -0.2) is 19.2 Å². The topological polar surface area (TPSA) is 248 Å². The highest BCUT2D eigenvalue weighted by molar-refractivity contribution is 6.01. The summed E-state index contributed by atoms with van der Waals surface area (Å²) in [5.41, 5.74) is -7.38. The maximum atomic E-state index is 14.2. The Balaban J connectivity index is 1.53. The van der Waals surface area contributed by atoms with Crippen LogP contribution in [0.3, 0.4) is 0 Å². The lowest BCUT2D eigenvalue weighted by Gasteiger charge is -2.70. The summed E-state index contributed by atoms with van der Waals surface area (Å²) < 4.78 is 37.2. The Hall–Kier alpha value is -3.52. The summed E-state index contributed by atoms with van der Waals surface area (Å²) in [7, 11) is 5.75. The van der Waals surface area contributed by atoms with Crippen LogP contribution in [0.2, 0.25) is 0 Å². The number of hydrogen-bond acceptors (Lipinski definition) is 15. The molecule has 1 aromatic rings. The largest absolute Gasteiger partial charge is 0.479 e. The van der Waals surface area contributed by atoms with Crippen molar-refractivity contribution < 1.29 is 78.2 Å². The molecular weight excluding hydrogens is 726 g/mol. The van der Waals surface area contributed by atoms with Crippen LogP contribution in [0.25, 0.3) is 0 Å². The van der Waals surface area contributed by atoms with Crippen molar-refractivity contribution in [2.75, 3.05) is 48.1 Å². The van der Waals surface area contributed by atoms with Crippen molar-refractivity contribution in [3.63, 3.8) is 0 Å². The monoisotopic (exact) mass is 775 g/mol. The fraction of sp³-hybridized carbons (Fsp3) is 0.684. The van der Waals surface area contributed by atoms with Gasteiger partial charge in [0.2, 0.25) is 0 Å². The zero-order valence-electron chi connectivity index (χ0n) is 31.1. The van der Waals surface area contributed by atoms with Crippen LogP contribution in [0.4, 0.5) is 0 Å². The lowest BCUT2D eigenvalue weighted by Crippen LogP contribution is -2.81. The Morgan fingerprint density at radius 2 is 1.67 bits per heavy atom. The molecule has 0 radical (unpaired) electrons. The molecule has 7 rings (SSSR count). The van der Waals surface area contributed by atoms with Crippen molar-refractivity contribution in [3.8, 4) is 0 Å². The Labute approximate surface area is 316 Å². The van der Waals surface area contributed by atoms with E-state index in [2.05, 4.69) is 4.90 Å². The van der Waals surface area contributed by atoms with E-state index in [-0.39, 0.29) is 25.0 Å². The van der Waals surface area contributed by atoms with Gasteiger partial charge in [0.05, 0.1) is 36.1 Å². The first-order valence-corrected chi connectivity index (χ1v) is 18.4. The van der Waals surface area contributed by atoms with Crippen LogP contribution in [0.1, 0.15) is 30.1 Å². The van der Waals surface area contributed by atoms with Crippen LogP contribution < -0.4 is 0 Å². The molecule has 7 bridgehead atoms. The number of methoxy groups -OCH3 is 4. The Morgan fingerprint density at radius 3 is 2.24 bits per heavy atom. The number of carboxylic acid groups (broad SMARTS) is 2. The van der Waals surface area contributed by atoms with E-state index in [1.807, 2.05) is 6.92 Å². The van der Waals surface area contributed by atoms with Gasteiger partial charge in [0.15, 0.2) is 11.7 Å². The summed E-state index contributed by atoms with van der Waals surface area (Å²) in [6.07, 6.45) is -9.83. The standard InChI is InChI=1S/C38H49NO16/c1-6-39-15-35(16-50-2)20(40)13-21(51-3)37-19-14-36(49)30(54-34(48)17-10-8-7-9-11-17)23(19)38(29(43)31(36)53-5,24(28(37)39)26(52-4)27(35)37)55-22(41)12-18(32(44)45)25(42)33(46)47/h7-12,19-21,23-31,40,42-43,49H,6,13-16H2,1-5H3,(H,44,45)(H,46,47)/b18-12+/t19-,20-,21+,23-,24+,25-,26+,27-,28?,29+,30-,31+,35+,36-,37+,38-/m1/s1. The number of piperidine rings is 1. The second kappa shape index (κ2) is 13.8. The van der Waals surface area contributed by atoms with E-state index in [0.717, 1.165) is 0 Å². The van der Waals surface area contributed by atoms with Crippen molar-refractivity contribution in [3.05, 3.63) is 47.5 Å². The first kappa shape index (κ1) is 39.7. The average Bonchev–Trinajstić information content (AvgIpc) is 3.53. The van der Waals surface area contributed by atoms with E-state index in [4.69, 9.17) is 28.4 Å². The molecule has 1 heterocycles. The summed E-state index contributed by atoms with van der Waals surface area (Å²) in [5, 5.41) is 67.3. The first-order valence-electron chi connectivity index (χ1n) is 18.4. The number of carbonyl (C=O) groups excluding carboxylic acids is 2. The second-order valence-electron chi connectivity index (χ2n) is 15.9. The third-order valence-electron chi connectivity index (χ3n) is 14.2. The number of aliphatic hydroxyl groups excluding tert-OH is 3. The molecule has 5 aliphatic carbocycles. The Kier molecular flexibility index (Phi) is 9.99. The number of ether oxygens (including phenoxy) is 6. The van der Waals surface area contributed by atoms with Crippen LogP contribution in [0.15, 0.2) is 42.0 Å². The molecule has 6 aliphatic rings. The van der Waals surface area contributed by atoms with E-state index in [0.29, 0.717) is 19.2 Å². The lowest BCUT2D eigenvalue weighted by molar-refractivity contribution is -0.322.